The summed E-state index contributed by atoms with van der Waals surface area (Å²) in [5.74, 6) is 0.771. The summed E-state index contributed by atoms with van der Waals surface area (Å²) in [6.07, 6.45) is 0. The molecule has 0 radical (unpaired) electrons. The van der Waals surface area contributed by atoms with Gasteiger partial charge in [-0.2, -0.15) is 0 Å². The lowest BCUT2D eigenvalue weighted by atomic mass is 10.2. The number of nitro benzene ring substituents is 1. The molecule has 2 N–H and O–H groups in total. The van der Waals surface area contributed by atoms with Crippen LogP contribution >= 0.6 is 22.6 Å². The van der Waals surface area contributed by atoms with Gasteiger partial charge < -0.3 is 10.5 Å². The maximum Gasteiger partial charge on any atom is 0.312 e. The molecule has 19 heavy (non-hydrogen) atoms. The summed E-state index contributed by atoms with van der Waals surface area (Å²) in [7, 11) is 0. The van der Waals surface area contributed by atoms with Gasteiger partial charge in [-0.1, -0.05) is 12.1 Å². The molecule has 0 saturated heterocycles. The fourth-order valence-corrected chi connectivity index (χ4v) is 2.01. The summed E-state index contributed by atoms with van der Waals surface area (Å²) >= 11 is 2.02. The number of rotatable bonds is 4. The molecule has 0 fully saturated rings. The van der Waals surface area contributed by atoms with Crippen LogP contribution < -0.4 is 10.5 Å². The van der Waals surface area contributed by atoms with Gasteiger partial charge in [-0.15, -0.1) is 0 Å². The summed E-state index contributed by atoms with van der Waals surface area (Å²) in [5, 5.41) is 11.0. The van der Waals surface area contributed by atoms with Crippen molar-refractivity contribution in [2.75, 3.05) is 0 Å². The summed E-state index contributed by atoms with van der Waals surface area (Å²) in [6, 6.07) is 12.0. The molecule has 0 aliphatic rings. The molecular formula is C13H11IN2O3. The zero-order chi connectivity index (χ0) is 13.8. The Bertz CT molecular complexity index is 599. The molecule has 0 aliphatic carbocycles. The Kier molecular flexibility index (Phi) is 4.33. The minimum Gasteiger partial charge on any atom is -0.450 e. The van der Waals surface area contributed by atoms with Crippen molar-refractivity contribution in [3.05, 3.63) is 61.7 Å². The van der Waals surface area contributed by atoms with Crippen LogP contribution in [0.2, 0.25) is 0 Å². The van der Waals surface area contributed by atoms with Crippen molar-refractivity contribution in [1.82, 2.24) is 0 Å². The lowest BCUT2D eigenvalue weighted by molar-refractivity contribution is -0.385. The van der Waals surface area contributed by atoms with Gasteiger partial charge in [0.2, 0.25) is 5.75 Å². The maximum atomic E-state index is 11.0. The van der Waals surface area contributed by atoms with E-state index < -0.39 is 4.92 Å². The third-order valence-corrected chi connectivity index (χ3v) is 3.18. The van der Waals surface area contributed by atoms with Gasteiger partial charge in [0.1, 0.15) is 5.75 Å². The van der Waals surface area contributed by atoms with E-state index in [1.54, 1.807) is 24.3 Å². The number of halogens is 1. The van der Waals surface area contributed by atoms with E-state index >= 15 is 0 Å². The van der Waals surface area contributed by atoms with Crippen LogP contribution in [0.25, 0.3) is 0 Å². The Labute approximate surface area is 123 Å². The van der Waals surface area contributed by atoms with Crippen molar-refractivity contribution in [1.29, 1.82) is 0 Å². The predicted molar refractivity (Wildman–Crippen MR) is 80.2 cm³/mol. The molecule has 0 bridgehead atoms. The molecule has 0 heterocycles. The average Bonchev–Trinajstić information content (AvgIpc) is 2.41. The van der Waals surface area contributed by atoms with Gasteiger partial charge in [0.15, 0.2) is 0 Å². The molecule has 2 rings (SSSR count). The fraction of sp³-hybridized carbons (Fsp3) is 0.0769. The van der Waals surface area contributed by atoms with E-state index in [0.717, 1.165) is 9.13 Å². The smallest absolute Gasteiger partial charge is 0.312 e. The second-order valence-electron chi connectivity index (χ2n) is 3.82. The first-order valence-corrected chi connectivity index (χ1v) is 6.59. The Hall–Kier alpha value is -1.67. The molecule has 0 aromatic heterocycles. The predicted octanol–water partition coefficient (Wildman–Crippen LogP) is 3.45. The third-order valence-electron chi connectivity index (χ3n) is 2.50. The molecule has 6 heteroatoms. The van der Waals surface area contributed by atoms with E-state index in [0.29, 0.717) is 12.3 Å². The van der Waals surface area contributed by atoms with Crippen LogP contribution in [-0.2, 0) is 6.54 Å². The molecule has 98 valence electrons. The topological polar surface area (TPSA) is 78.4 Å². The van der Waals surface area contributed by atoms with Crippen molar-refractivity contribution >= 4 is 28.3 Å². The van der Waals surface area contributed by atoms with Gasteiger partial charge in [-0.05, 0) is 52.4 Å². The highest BCUT2D eigenvalue weighted by molar-refractivity contribution is 14.1. The zero-order valence-electron chi connectivity index (χ0n) is 9.88. The molecule has 5 nitrogen and oxygen atoms in total. The van der Waals surface area contributed by atoms with Gasteiger partial charge >= 0.3 is 5.69 Å². The molecule has 0 amide bonds. The lowest BCUT2D eigenvalue weighted by Crippen LogP contribution is -1.96. The van der Waals surface area contributed by atoms with E-state index in [4.69, 9.17) is 10.5 Å². The van der Waals surface area contributed by atoms with Crippen molar-refractivity contribution in [2.45, 2.75) is 6.54 Å². The van der Waals surface area contributed by atoms with Crippen LogP contribution in [0.1, 0.15) is 5.56 Å². The Morgan fingerprint density at radius 1 is 1.21 bits per heavy atom. The minimum atomic E-state index is -0.453. The number of hydrogen-bond acceptors (Lipinski definition) is 4. The van der Waals surface area contributed by atoms with Gasteiger partial charge in [-0.3, -0.25) is 10.1 Å². The molecule has 0 saturated carbocycles. The van der Waals surface area contributed by atoms with Crippen molar-refractivity contribution < 1.29 is 9.66 Å². The van der Waals surface area contributed by atoms with Crippen LogP contribution in [-0.4, -0.2) is 4.92 Å². The van der Waals surface area contributed by atoms with Crippen molar-refractivity contribution in [2.24, 2.45) is 5.73 Å². The van der Waals surface area contributed by atoms with Gasteiger partial charge in [0, 0.05) is 16.2 Å². The molecule has 2 aromatic carbocycles. The minimum absolute atomic E-state index is 0.0465. The van der Waals surface area contributed by atoms with E-state index in [1.807, 2.05) is 34.7 Å². The number of hydrogen-bond donors (Lipinski definition) is 1. The number of benzene rings is 2. The standard InChI is InChI=1S/C13H11IN2O3/c14-10-3-6-13(12(7-10)16(17)18)19-11-4-1-9(8-15)2-5-11/h1-7H,8,15H2. The molecule has 2 aromatic rings. The van der Waals surface area contributed by atoms with Crippen LogP contribution in [0.5, 0.6) is 11.5 Å². The molecule has 0 atom stereocenters. The van der Waals surface area contributed by atoms with Crippen molar-refractivity contribution in [3.8, 4) is 11.5 Å². The molecule has 0 aliphatic heterocycles. The normalized spacial score (nSPS) is 10.2. The Balaban J connectivity index is 2.29. The monoisotopic (exact) mass is 370 g/mol. The van der Waals surface area contributed by atoms with Crippen LogP contribution in [0.3, 0.4) is 0 Å². The first kappa shape index (κ1) is 13.8. The molecule has 0 spiro atoms. The SMILES string of the molecule is NCc1ccc(Oc2ccc(I)cc2[N+](=O)[O-])cc1. The second-order valence-corrected chi connectivity index (χ2v) is 5.06. The highest BCUT2D eigenvalue weighted by Gasteiger charge is 2.16. The summed E-state index contributed by atoms with van der Waals surface area (Å²) < 4.78 is 6.33. The number of nitrogens with two attached hydrogens (primary N) is 1. The number of ether oxygens (including phenoxy) is 1. The molecule has 0 unspecified atom stereocenters. The Morgan fingerprint density at radius 3 is 2.47 bits per heavy atom. The summed E-state index contributed by atoms with van der Waals surface area (Å²) in [4.78, 5) is 10.5. The fourth-order valence-electron chi connectivity index (χ4n) is 1.54. The van der Waals surface area contributed by atoms with Crippen molar-refractivity contribution in [3.63, 3.8) is 0 Å². The van der Waals surface area contributed by atoms with E-state index in [9.17, 15) is 10.1 Å². The van der Waals surface area contributed by atoms with Crippen LogP contribution in [0.15, 0.2) is 42.5 Å². The lowest BCUT2D eigenvalue weighted by Gasteiger charge is -2.07. The van der Waals surface area contributed by atoms with Gasteiger partial charge in [0.05, 0.1) is 4.92 Å². The summed E-state index contributed by atoms with van der Waals surface area (Å²) in [6.45, 7) is 0.448. The number of nitrogens with zero attached hydrogens (tertiary/aromatic N) is 1. The highest BCUT2D eigenvalue weighted by Crippen LogP contribution is 2.32. The highest BCUT2D eigenvalue weighted by atomic mass is 127. The van der Waals surface area contributed by atoms with Gasteiger partial charge in [-0.25, -0.2) is 0 Å². The van der Waals surface area contributed by atoms with Crippen LogP contribution in [0, 0.1) is 13.7 Å². The third kappa shape index (κ3) is 3.42. The van der Waals surface area contributed by atoms with E-state index in [2.05, 4.69) is 0 Å². The van der Waals surface area contributed by atoms with E-state index in [-0.39, 0.29) is 11.4 Å². The average molecular weight is 370 g/mol. The largest absolute Gasteiger partial charge is 0.450 e. The second kappa shape index (κ2) is 5.98. The first-order chi connectivity index (χ1) is 9.10. The van der Waals surface area contributed by atoms with Gasteiger partial charge in [0.25, 0.3) is 0 Å². The summed E-state index contributed by atoms with van der Waals surface area (Å²) in [5.41, 5.74) is 6.43. The first-order valence-electron chi connectivity index (χ1n) is 5.51. The maximum absolute atomic E-state index is 11.0. The van der Waals surface area contributed by atoms with E-state index in [1.165, 1.54) is 6.07 Å². The number of nitro groups is 1. The quantitative estimate of drug-likeness (QED) is 0.508. The van der Waals surface area contributed by atoms with Crippen LogP contribution in [0.4, 0.5) is 5.69 Å². The Morgan fingerprint density at radius 2 is 1.89 bits per heavy atom. The zero-order valence-corrected chi connectivity index (χ0v) is 12.0. The molecular weight excluding hydrogens is 359 g/mol.